The minimum atomic E-state index is 0.372. The molecule has 0 fully saturated rings. The average molecular weight is 349 g/mol. The van der Waals surface area contributed by atoms with E-state index in [9.17, 15) is 0 Å². The molecule has 0 aliphatic heterocycles. The van der Waals surface area contributed by atoms with Crippen LogP contribution in [0.15, 0.2) is 12.1 Å². The highest BCUT2D eigenvalue weighted by atomic mass is 35.5. The third-order valence-electron chi connectivity index (χ3n) is 4.01. The van der Waals surface area contributed by atoms with Gasteiger partial charge in [0.05, 0.1) is 27.0 Å². The number of rotatable bonds is 6. The first-order valence-electron chi connectivity index (χ1n) is 7.08. The van der Waals surface area contributed by atoms with Crippen molar-refractivity contribution in [2.75, 3.05) is 13.6 Å². The van der Waals surface area contributed by atoms with Crippen molar-refractivity contribution in [3.8, 4) is 0 Å². The molecule has 0 saturated carbocycles. The van der Waals surface area contributed by atoms with Crippen molar-refractivity contribution < 1.29 is 0 Å². The summed E-state index contributed by atoms with van der Waals surface area (Å²) in [5, 5.41) is 1.06. The Morgan fingerprint density at radius 1 is 1.29 bits per heavy atom. The van der Waals surface area contributed by atoms with Crippen LogP contribution in [0.1, 0.15) is 26.1 Å². The van der Waals surface area contributed by atoms with Crippen LogP contribution < -0.4 is 0 Å². The largest absolute Gasteiger partial charge is 0.326 e. The molecule has 0 amide bonds. The number of hydrogen-bond donors (Lipinski definition) is 0. The summed E-state index contributed by atoms with van der Waals surface area (Å²) < 4.78 is 2.13. The van der Waals surface area contributed by atoms with Crippen LogP contribution in [0.25, 0.3) is 11.0 Å². The van der Waals surface area contributed by atoms with E-state index < -0.39 is 0 Å². The van der Waals surface area contributed by atoms with Gasteiger partial charge in [-0.05, 0) is 32.5 Å². The maximum Gasteiger partial charge on any atom is 0.124 e. The van der Waals surface area contributed by atoms with Gasteiger partial charge in [-0.25, -0.2) is 4.98 Å². The van der Waals surface area contributed by atoms with E-state index in [2.05, 4.69) is 35.3 Å². The van der Waals surface area contributed by atoms with Crippen LogP contribution in [-0.4, -0.2) is 34.1 Å². The van der Waals surface area contributed by atoms with Crippen molar-refractivity contribution in [3.05, 3.63) is 28.0 Å². The maximum absolute atomic E-state index is 6.13. The molecule has 0 N–H and O–H groups in total. The minimum absolute atomic E-state index is 0.372. The fourth-order valence-electron chi connectivity index (χ4n) is 2.31. The molecule has 1 aromatic carbocycles. The first-order valence-corrected chi connectivity index (χ1v) is 8.37. The van der Waals surface area contributed by atoms with Crippen LogP contribution in [0.5, 0.6) is 0 Å². The van der Waals surface area contributed by atoms with E-state index in [1.165, 1.54) is 0 Å². The monoisotopic (exact) mass is 347 g/mol. The lowest BCUT2D eigenvalue weighted by atomic mass is 10.2. The standard InChI is InChI=1S/C15H20Cl3N3/c1-4-10(2)20(3)5-6-21-14-8-12(18)11(17)7-13(14)19-15(21)9-16/h7-8,10H,4-6,9H2,1-3H3. The van der Waals surface area contributed by atoms with Gasteiger partial charge in [0, 0.05) is 19.1 Å². The Bertz CT molecular complexity index is 624. The van der Waals surface area contributed by atoms with Gasteiger partial charge in [-0.15, -0.1) is 11.6 Å². The lowest BCUT2D eigenvalue weighted by Gasteiger charge is -2.24. The predicted octanol–water partition coefficient (Wildman–Crippen LogP) is 4.81. The zero-order valence-corrected chi connectivity index (χ0v) is 14.8. The van der Waals surface area contributed by atoms with Crippen molar-refractivity contribution in [1.29, 1.82) is 0 Å². The topological polar surface area (TPSA) is 21.1 Å². The van der Waals surface area contributed by atoms with Crippen molar-refractivity contribution in [2.24, 2.45) is 0 Å². The Morgan fingerprint density at radius 3 is 2.57 bits per heavy atom. The van der Waals surface area contributed by atoms with Crippen LogP contribution in [0, 0.1) is 0 Å². The Balaban J connectivity index is 2.31. The van der Waals surface area contributed by atoms with Crippen molar-refractivity contribution in [1.82, 2.24) is 14.5 Å². The van der Waals surface area contributed by atoms with E-state index in [1.807, 2.05) is 6.07 Å². The highest BCUT2D eigenvalue weighted by molar-refractivity contribution is 6.42. The number of alkyl halides is 1. The molecule has 1 atom stereocenters. The van der Waals surface area contributed by atoms with Crippen LogP contribution in [-0.2, 0) is 12.4 Å². The summed E-state index contributed by atoms with van der Waals surface area (Å²) in [6.45, 7) is 6.19. The van der Waals surface area contributed by atoms with Gasteiger partial charge in [0.2, 0.25) is 0 Å². The summed E-state index contributed by atoms with van der Waals surface area (Å²) in [5.74, 6) is 1.22. The van der Waals surface area contributed by atoms with Crippen molar-refractivity contribution in [2.45, 2.75) is 38.7 Å². The third-order valence-corrected chi connectivity index (χ3v) is 4.97. The van der Waals surface area contributed by atoms with Gasteiger partial charge in [0.15, 0.2) is 0 Å². The van der Waals surface area contributed by atoms with Gasteiger partial charge in [0.25, 0.3) is 0 Å². The summed E-state index contributed by atoms with van der Waals surface area (Å²) >= 11 is 18.2. The molecule has 0 aliphatic carbocycles. The zero-order valence-electron chi connectivity index (χ0n) is 12.5. The predicted molar refractivity (Wildman–Crippen MR) is 91.7 cm³/mol. The van der Waals surface area contributed by atoms with Crippen LogP contribution >= 0.6 is 34.8 Å². The third kappa shape index (κ3) is 3.65. The minimum Gasteiger partial charge on any atom is -0.326 e. The number of benzene rings is 1. The molecule has 1 unspecified atom stereocenters. The summed E-state index contributed by atoms with van der Waals surface area (Å²) in [6, 6.07) is 4.22. The molecule has 3 nitrogen and oxygen atoms in total. The lowest BCUT2D eigenvalue weighted by Crippen LogP contribution is -2.31. The summed E-state index contributed by atoms with van der Waals surface area (Å²) in [6.07, 6.45) is 1.13. The molecule has 1 heterocycles. The SMILES string of the molecule is CCC(C)N(C)CCn1c(CCl)nc2cc(Cl)c(Cl)cc21. The fourth-order valence-corrected chi connectivity index (χ4v) is 2.83. The molecule has 0 saturated heterocycles. The molecule has 2 rings (SSSR count). The lowest BCUT2D eigenvalue weighted by molar-refractivity contribution is 0.243. The Morgan fingerprint density at radius 2 is 1.95 bits per heavy atom. The maximum atomic E-state index is 6.13. The number of nitrogens with zero attached hydrogens (tertiary/aromatic N) is 3. The Hall–Kier alpha value is -0.480. The van der Waals surface area contributed by atoms with Crippen LogP contribution in [0.4, 0.5) is 0 Å². The second-order valence-corrected chi connectivity index (χ2v) is 6.39. The fraction of sp³-hybridized carbons (Fsp3) is 0.533. The summed E-state index contributed by atoms with van der Waals surface area (Å²) in [4.78, 5) is 6.88. The van der Waals surface area contributed by atoms with Gasteiger partial charge >= 0.3 is 0 Å². The number of halogens is 3. The number of likely N-dealkylation sites (N-methyl/N-ethyl adjacent to an activating group) is 1. The molecule has 21 heavy (non-hydrogen) atoms. The van der Waals surface area contributed by atoms with Gasteiger partial charge in [0.1, 0.15) is 5.82 Å². The second kappa shape index (κ2) is 7.19. The average Bonchev–Trinajstić information content (AvgIpc) is 2.81. The molecule has 0 spiro atoms. The Kier molecular flexibility index (Phi) is 5.78. The first kappa shape index (κ1) is 16.9. The number of fused-ring (bicyclic) bond motifs is 1. The van der Waals surface area contributed by atoms with Crippen LogP contribution in [0.2, 0.25) is 10.0 Å². The highest BCUT2D eigenvalue weighted by Crippen LogP contribution is 2.28. The van der Waals surface area contributed by atoms with Crippen LogP contribution in [0.3, 0.4) is 0 Å². The van der Waals surface area contributed by atoms with Gasteiger partial charge in [-0.3, -0.25) is 0 Å². The van der Waals surface area contributed by atoms with E-state index in [-0.39, 0.29) is 0 Å². The van der Waals surface area contributed by atoms with Gasteiger partial charge in [-0.2, -0.15) is 0 Å². The van der Waals surface area contributed by atoms with E-state index in [1.54, 1.807) is 6.07 Å². The van der Waals surface area contributed by atoms with Gasteiger partial charge < -0.3 is 9.47 Å². The smallest absolute Gasteiger partial charge is 0.124 e. The summed E-state index contributed by atoms with van der Waals surface area (Å²) in [7, 11) is 2.14. The van der Waals surface area contributed by atoms with E-state index in [4.69, 9.17) is 34.8 Å². The molecular weight excluding hydrogens is 329 g/mol. The quantitative estimate of drug-likeness (QED) is 0.698. The van der Waals surface area contributed by atoms with Crippen molar-refractivity contribution >= 4 is 45.8 Å². The normalized spacial score (nSPS) is 13.3. The van der Waals surface area contributed by atoms with E-state index in [0.717, 1.165) is 36.4 Å². The van der Waals surface area contributed by atoms with Crippen molar-refractivity contribution in [3.63, 3.8) is 0 Å². The zero-order chi connectivity index (χ0) is 15.6. The molecule has 2 aromatic rings. The summed E-state index contributed by atoms with van der Waals surface area (Å²) in [5.41, 5.74) is 1.82. The molecule has 1 aromatic heterocycles. The Labute approximate surface area is 140 Å². The molecule has 0 radical (unpaired) electrons. The number of hydrogen-bond acceptors (Lipinski definition) is 2. The van der Waals surface area contributed by atoms with E-state index >= 15 is 0 Å². The molecular formula is C15H20Cl3N3. The highest BCUT2D eigenvalue weighted by Gasteiger charge is 2.14. The van der Waals surface area contributed by atoms with Gasteiger partial charge in [-0.1, -0.05) is 30.1 Å². The van der Waals surface area contributed by atoms with E-state index in [0.29, 0.717) is 22.0 Å². The molecule has 116 valence electrons. The second-order valence-electron chi connectivity index (χ2n) is 5.31. The number of aromatic nitrogens is 2. The number of imidazole rings is 1. The molecule has 0 aliphatic rings. The molecule has 6 heteroatoms. The molecule has 0 bridgehead atoms. The first-order chi connectivity index (χ1) is 9.97.